The van der Waals surface area contributed by atoms with Crippen molar-refractivity contribution in [1.29, 1.82) is 0 Å². The highest BCUT2D eigenvalue weighted by Gasteiger charge is 1.94. The molecule has 1 aromatic rings. The van der Waals surface area contributed by atoms with E-state index in [2.05, 4.69) is 4.72 Å². The van der Waals surface area contributed by atoms with E-state index in [1.165, 1.54) is 17.5 Å². The van der Waals surface area contributed by atoms with Gasteiger partial charge in [0.25, 0.3) is 0 Å². The average molecular weight is 182 g/mol. The van der Waals surface area contributed by atoms with E-state index in [0.29, 0.717) is 0 Å². The van der Waals surface area contributed by atoms with Crippen LogP contribution in [-0.2, 0) is 0 Å². The van der Waals surface area contributed by atoms with E-state index >= 15 is 0 Å². The first kappa shape index (κ1) is 8.93. The zero-order valence-electron chi connectivity index (χ0n) is 6.70. The molecular weight excluding hydrogens is 172 g/mol. The van der Waals surface area contributed by atoms with Gasteiger partial charge < -0.3 is 5.73 Å². The number of benzene rings is 1. The summed E-state index contributed by atoms with van der Waals surface area (Å²) in [5.74, 6) is 0. The molecular formula is C8H10N2OS. The fourth-order valence-corrected chi connectivity index (χ4v) is 1.21. The third-order valence-corrected chi connectivity index (χ3v) is 2.10. The Kier molecular flexibility index (Phi) is 2.99. The third kappa shape index (κ3) is 2.84. The van der Waals surface area contributed by atoms with Crippen LogP contribution in [0, 0.1) is 6.92 Å². The van der Waals surface area contributed by atoms with Crippen molar-refractivity contribution in [3.8, 4) is 0 Å². The topological polar surface area (TPSA) is 55.1 Å². The number of rotatable bonds is 2. The number of aryl methyl sites for hydroxylation is 1. The summed E-state index contributed by atoms with van der Waals surface area (Å²) in [5.41, 5.74) is 6.09. The van der Waals surface area contributed by atoms with Crippen molar-refractivity contribution in [2.75, 3.05) is 0 Å². The molecule has 0 aliphatic heterocycles. The number of carbonyl (C=O) groups is 1. The quantitative estimate of drug-likeness (QED) is 0.683. The smallest absolute Gasteiger partial charge is 0.322 e. The fraction of sp³-hybridized carbons (Fsp3) is 0.125. The first-order valence-corrected chi connectivity index (χ1v) is 4.29. The lowest BCUT2D eigenvalue weighted by atomic mass is 10.2. The molecule has 0 heterocycles. The summed E-state index contributed by atoms with van der Waals surface area (Å²) in [6, 6.07) is 7.28. The molecule has 1 aromatic carbocycles. The van der Waals surface area contributed by atoms with Crippen LogP contribution >= 0.6 is 11.9 Å². The van der Waals surface area contributed by atoms with Gasteiger partial charge in [-0.05, 0) is 31.0 Å². The lowest BCUT2D eigenvalue weighted by Gasteiger charge is -2.00. The van der Waals surface area contributed by atoms with Crippen LogP contribution in [0.4, 0.5) is 4.79 Å². The number of nitrogens with two attached hydrogens (primary N) is 1. The minimum absolute atomic E-state index is 0.527. The number of carbonyl (C=O) groups excluding carboxylic acids is 1. The van der Waals surface area contributed by atoms with Crippen molar-refractivity contribution in [3.63, 3.8) is 0 Å². The molecule has 64 valence electrons. The standard InChI is InChI=1S/C8H10N2OS/c1-6-2-4-7(5-3-6)12-10-8(9)11/h2-5H,1H3,(H3,9,10,11). The van der Waals surface area contributed by atoms with Crippen molar-refractivity contribution >= 4 is 18.0 Å². The maximum atomic E-state index is 10.3. The van der Waals surface area contributed by atoms with Gasteiger partial charge in [0.1, 0.15) is 0 Å². The minimum atomic E-state index is -0.527. The zero-order valence-corrected chi connectivity index (χ0v) is 7.52. The molecule has 0 unspecified atom stereocenters. The first-order chi connectivity index (χ1) is 5.68. The normalized spacial score (nSPS) is 9.42. The monoisotopic (exact) mass is 182 g/mol. The second-order valence-corrected chi connectivity index (χ2v) is 3.26. The zero-order chi connectivity index (χ0) is 8.97. The van der Waals surface area contributed by atoms with Crippen LogP contribution in [-0.4, -0.2) is 6.03 Å². The summed E-state index contributed by atoms with van der Waals surface area (Å²) in [5, 5.41) is 0. The van der Waals surface area contributed by atoms with E-state index in [1.807, 2.05) is 31.2 Å². The lowest BCUT2D eigenvalue weighted by molar-refractivity contribution is 0.254. The van der Waals surface area contributed by atoms with Crippen molar-refractivity contribution in [2.24, 2.45) is 5.73 Å². The molecule has 0 saturated heterocycles. The predicted molar refractivity (Wildman–Crippen MR) is 49.8 cm³/mol. The van der Waals surface area contributed by atoms with E-state index in [-0.39, 0.29) is 0 Å². The number of primary amides is 1. The SMILES string of the molecule is Cc1ccc(SNC(N)=O)cc1. The Morgan fingerprint density at radius 3 is 2.50 bits per heavy atom. The van der Waals surface area contributed by atoms with E-state index in [9.17, 15) is 4.79 Å². The van der Waals surface area contributed by atoms with Gasteiger partial charge in [0, 0.05) is 4.90 Å². The van der Waals surface area contributed by atoms with Gasteiger partial charge >= 0.3 is 6.03 Å². The van der Waals surface area contributed by atoms with Gasteiger partial charge in [-0.3, -0.25) is 4.72 Å². The van der Waals surface area contributed by atoms with Gasteiger partial charge in [-0.15, -0.1) is 0 Å². The number of amides is 2. The molecule has 0 spiro atoms. The summed E-state index contributed by atoms with van der Waals surface area (Å²) in [4.78, 5) is 11.3. The first-order valence-electron chi connectivity index (χ1n) is 3.47. The number of nitrogens with one attached hydrogen (secondary N) is 1. The fourth-order valence-electron chi connectivity index (χ4n) is 0.716. The van der Waals surface area contributed by atoms with Crippen molar-refractivity contribution in [2.45, 2.75) is 11.8 Å². The molecule has 0 fully saturated rings. The molecule has 3 N–H and O–H groups in total. The number of urea groups is 1. The Labute approximate surface area is 75.5 Å². The maximum Gasteiger partial charge on any atom is 0.322 e. The van der Waals surface area contributed by atoms with E-state index in [4.69, 9.17) is 5.73 Å². The van der Waals surface area contributed by atoms with Crippen LogP contribution in [0.5, 0.6) is 0 Å². The van der Waals surface area contributed by atoms with Gasteiger partial charge in [-0.1, -0.05) is 17.7 Å². The van der Waals surface area contributed by atoms with Crippen molar-refractivity contribution in [1.82, 2.24) is 4.72 Å². The summed E-state index contributed by atoms with van der Waals surface area (Å²) in [6.45, 7) is 2.01. The second kappa shape index (κ2) is 4.01. The van der Waals surface area contributed by atoms with E-state index in [0.717, 1.165) is 4.90 Å². The Bertz CT molecular complexity index is 271. The van der Waals surface area contributed by atoms with E-state index < -0.39 is 6.03 Å². The number of hydrogen-bond acceptors (Lipinski definition) is 2. The van der Waals surface area contributed by atoms with Crippen LogP contribution in [0.15, 0.2) is 29.2 Å². The predicted octanol–water partition coefficient (Wildman–Crippen LogP) is 1.67. The van der Waals surface area contributed by atoms with Crippen LogP contribution in [0.1, 0.15) is 5.56 Å². The van der Waals surface area contributed by atoms with Gasteiger partial charge in [-0.2, -0.15) is 0 Å². The van der Waals surface area contributed by atoms with Crippen LogP contribution in [0.2, 0.25) is 0 Å². The van der Waals surface area contributed by atoms with Gasteiger partial charge in [-0.25, -0.2) is 4.79 Å². The third-order valence-electron chi connectivity index (χ3n) is 1.29. The van der Waals surface area contributed by atoms with Crippen LogP contribution in [0.25, 0.3) is 0 Å². The van der Waals surface area contributed by atoms with Gasteiger partial charge in [0.15, 0.2) is 0 Å². The maximum absolute atomic E-state index is 10.3. The molecule has 3 nitrogen and oxygen atoms in total. The van der Waals surface area contributed by atoms with Crippen LogP contribution in [0.3, 0.4) is 0 Å². The Balaban J connectivity index is 2.53. The largest absolute Gasteiger partial charge is 0.351 e. The number of hydrogen-bond donors (Lipinski definition) is 2. The molecule has 0 aliphatic carbocycles. The Hall–Kier alpha value is -1.16. The molecule has 0 atom stereocenters. The highest BCUT2D eigenvalue weighted by Crippen LogP contribution is 2.14. The molecule has 4 heteroatoms. The lowest BCUT2D eigenvalue weighted by Crippen LogP contribution is -2.22. The molecule has 0 radical (unpaired) electrons. The molecule has 0 aliphatic rings. The summed E-state index contributed by atoms with van der Waals surface area (Å²) < 4.78 is 2.44. The average Bonchev–Trinajstić information content (AvgIpc) is 2.03. The van der Waals surface area contributed by atoms with E-state index in [1.54, 1.807) is 0 Å². The summed E-state index contributed by atoms with van der Waals surface area (Å²) >= 11 is 1.21. The summed E-state index contributed by atoms with van der Waals surface area (Å²) in [7, 11) is 0. The van der Waals surface area contributed by atoms with Crippen LogP contribution < -0.4 is 10.5 Å². The molecule has 1 rings (SSSR count). The summed E-state index contributed by atoms with van der Waals surface area (Å²) in [6.07, 6.45) is 0. The van der Waals surface area contributed by atoms with Crippen molar-refractivity contribution in [3.05, 3.63) is 29.8 Å². The molecule has 0 aromatic heterocycles. The molecule has 0 bridgehead atoms. The second-order valence-electron chi connectivity index (χ2n) is 2.38. The highest BCUT2D eigenvalue weighted by atomic mass is 32.2. The Morgan fingerprint density at radius 2 is 2.00 bits per heavy atom. The highest BCUT2D eigenvalue weighted by molar-refractivity contribution is 7.98. The molecule has 12 heavy (non-hydrogen) atoms. The molecule has 2 amide bonds. The van der Waals surface area contributed by atoms with Crippen molar-refractivity contribution < 1.29 is 4.79 Å². The Morgan fingerprint density at radius 1 is 1.42 bits per heavy atom. The molecule has 0 saturated carbocycles. The van der Waals surface area contributed by atoms with Gasteiger partial charge in [0.2, 0.25) is 0 Å². The van der Waals surface area contributed by atoms with Gasteiger partial charge in [0.05, 0.1) is 0 Å². The minimum Gasteiger partial charge on any atom is -0.351 e.